The highest BCUT2D eigenvalue weighted by Crippen LogP contribution is 2.27. The maximum atomic E-state index is 9.16. The predicted octanol–water partition coefficient (Wildman–Crippen LogP) is 3.48. The molecule has 1 fully saturated rings. The number of halogens is 1. The number of nitrogens with two attached hydrogens (primary N) is 2. The van der Waals surface area contributed by atoms with Crippen LogP contribution in [0.3, 0.4) is 0 Å². The van der Waals surface area contributed by atoms with Crippen molar-refractivity contribution in [2.75, 3.05) is 39.4 Å². The minimum absolute atomic E-state index is 0.195. The summed E-state index contributed by atoms with van der Waals surface area (Å²) < 4.78 is 6.80. The summed E-state index contributed by atoms with van der Waals surface area (Å²) in [5, 5.41) is 12.6. The van der Waals surface area contributed by atoms with E-state index in [1.165, 1.54) is 25.2 Å². The van der Waals surface area contributed by atoms with E-state index >= 15 is 0 Å². The monoisotopic (exact) mass is 482 g/mol. The number of nitrogens with one attached hydrogen (secondary N) is 1. The van der Waals surface area contributed by atoms with Crippen LogP contribution in [0.25, 0.3) is 0 Å². The molecule has 170 valence electrons. The molecule has 30 heavy (non-hydrogen) atoms. The fourth-order valence-electron chi connectivity index (χ4n) is 2.84. The molecule has 0 aliphatic heterocycles. The minimum atomic E-state index is 0.195. The molecular weight excluding hydrogens is 444 g/mol. The van der Waals surface area contributed by atoms with Crippen molar-refractivity contribution < 1.29 is 9.84 Å². The molecule has 1 saturated carbocycles. The van der Waals surface area contributed by atoms with Crippen LogP contribution in [0.2, 0.25) is 0 Å². The van der Waals surface area contributed by atoms with Gasteiger partial charge < -0.3 is 26.6 Å². The largest absolute Gasteiger partial charge is 0.488 e. The van der Waals surface area contributed by atoms with E-state index in [0.717, 1.165) is 56.2 Å². The Balaban J connectivity index is 2.80. The maximum absolute atomic E-state index is 9.16. The number of aliphatic hydroxyl groups excluding tert-OH is 1. The third-order valence-electron chi connectivity index (χ3n) is 4.69. The first-order chi connectivity index (χ1) is 14.5. The summed E-state index contributed by atoms with van der Waals surface area (Å²) in [7, 11) is 0. The van der Waals surface area contributed by atoms with Gasteiger partial charge in [0.2, 0.25) is 0 Å². The van der Waals surface area contributed by atoms with Gasteiger partial charge in [-0.1, -0.05) is 13.0 Å². The molecule has 0 radical (unpaired) electrons. The zero-order valence-electron chi connectivity index (χ0n) is 18.4. The molecule has 7 heteroatoms. The topological polar surface area (TPSA) is 96.8 Å². The minimum Gasteiger partial charge on any atom is -0.488 e. The molecule has 0 atom stereocenters. The first kappa shape index (κ1) is 26.3. The number of hydrogen-bond acceptors (Lipinski definition) is 6. The van der Waals surface area contributed by atoms with E-state index in [-0.39, 0.29) is 6.61 Å². The van der Waals surface area contributed by atoms with Crippen LogP contribution in [0.5, 0.6) is 0 Å². The standard InChI is InChI=1S/C23H39BrN4O2/c1-3-12-28(13-5-14-29)17-21(6-4-11-25)18-30-23(22(24)15-26)10-7-19(2)27-16-20-8-9-20/h4,6-7,10-11,15,20,27,29H,3,5,8-9,12-14,16-18,25-26H2,1-2H3/b11-4-,19-7+,21-6-,22-15-,23-10+. The molecular formula is C23H39BrN4O2. The summed E-state index contributed by atoms with van der Waals surface area (Å²) in [4.78, 5) is 2.32. The van der Waals surface area contributed by atoms with E-state index in [9.17, 15) is 0 Å². The van der Waals surface area contributed by atoms with Gasteiger partial charge in [-0.25, -0.2) is 0 Å². The third-order valence-corrected chi connectivity index (χ3v) is 5.34. The Labute approximate surface area is 190 Å². The lowest BCUT2D eigenvalue weighted by Crippen LogP contribution is -2.29. The number of nitrogens with zero attached hydrogens (tertiary/aromatic N) is 1. The van der Waals surface area contributed by atoms with Gasteiger partial charge in [-0.05, 0) is 91.0 Å². The van der Waals surface area contributed by atoms with Crippen molar-refractivity contribution in [3.63, 3.8) is 0 Å². The fourth-order valence-corrected chi connectivity index (χ4v) is 3.09. The smallest absolute Gasteiger partial charge is 0.135 e. The van der Waals surface area contributed by atoms with Gasteiger partial charge in [0.25, 0.3) is 0 Å². The normalized spacial score (nSPS) is 16.6. The number of allylic oxidation sites excluding steroid dienone is 6. The first-order valence-electron chi connectivity index (χ1n) is 10.8. The molecule has 0 spiro atoms. The Morgan fingerprint density at radius 3 is 2.60 bits per heavy atom. The number of hydrogen-bond donors (Lipinski definition) is 4. The molecule has 0 saturated heterocycles. The van der Waals surface area contributed by atoms with Gasteiger partial charge in [-0.2, -0.15) is 0 Å². The second-order valence-electron chi connectivity index (χ2n) is 7.57. The molecule has 6 nitrogen and oxygen atoms in total. The lowest BCUT2D eigenvalue weighted by Gasteiger charge is -2.23. The molecule has 0 unspecified atom stereocenters. The van der Waals surface area contributed by atoms with Gasteiger partial charge in [0, 0.05) is 38.1 Å². The van der Waals surface area contributed by atoms with Crippen LogP contribution in [-0.4, -0.2) is 49.4 Å². The van der Waals surface area contributed by atoms with Crippen LogP contribution in [0.15, 0.2) is 58.2 Å². The Bertz CT molecular complexity index is 637. The number of rotatable bonds is 16. The van der Waals surface area contributed by atoms with Crippen molar-refractivity contribution in [2.45, 2.75) is 39.5 Å². The molecule has 1 rings (SSSR count). The summed E-state index contributed by atoms with van der Waals surface area (Å²) >= 11 is 3.48. The molecule has 0 bridgehead atoms. The average molecular weight is 483 g/mol. The maximum Gasteiger partial charge on any atom is 0.135 e. The summed E-state index contributed by atoms with van der Waals surface area (Å²) in [6.07, 6.45) is 15.2. The van der Waals surface area contributed by atoms with E-state index in [4.69, 9.17) is 21.3 Å². The van der Waals surface area contributed by atoms with Gasteiger partial charge >= 0.3 is 0 Å². The van der Waals surface area contributed by atoms with E-state index < -0.39 is 0 Å². The van der Waals surface area contributed by atoms with E-state index in [1.807, 2.05) is 24.3 Å². The molecule has 1 aliphatic rings. The Morgan fingerprint density at radius 1 is 1.23 bits per heavy atom. The van der Waals surface area contributed by atoms with Crippen LogP contribution in [0, 0.1) is 5.92 Å². The summed E-state index contributed by atoms with van der Waals surface area (Å²) in [6.45, 7) is 8.41. The highest BCUT2D eigenvalue weighted by Gasteiger charge is 2.20. The van der Waals surface area contributed by atoms with Gasteiger partial charge in [0.1, 0.15) is 12.4 Å². The Hall–Kier alpha value is -1.70. The van der Waals surface area contributed by atoms with Crippen molar-refractivity contribution >= 4 is 15.9 Å². The molecule has 0 aromatic rings. The predicted molar refractivity (Wildman–Crippen MR) is 130 cm³/mol. The van der Waals surface area contributed by atoms with Gasteiger partial charge in [0.05, 0.1) is 4.48 Å². The van der Waals surface area contributed by atoms with Gasteiger partial charge in [0.15, 0.2) is 0 Å². The second-order valence-corrected chi connectivity index (χ2v) is 8.43. The number of ether oxygens (including phenoxy) is 1. The number of aliphatic hydroxyl groups is 1. The van der Waals surface area contributed by atoms with Gasteiger partial charge in [-0.3, -0.25) is 4.90 Å². The van der Waals surface area contributed by atoms with Gasteiger partial charge in [-0.15, -0.1) is 0 Å². The van der Waals surface area contributed by atoms with E-state index in [0.29, 0.717) is 16.8 Å². The van der Waals surface area contributed by atoms with E-state index in [2.05, 4.69) is 40.0 Å². The van der Waals surface area contributed by atoms with Crippen LogP contribution in [0.1, 0.15) is 39.5 Å². The molecule has 0 aromatic heterocycles. The molecule has 1 aliphatic carbocycles. The van der Waals surface area contributed by atoms with Crippen molar-refractivity contribution in [2.24, 2.45) is 17.4 Å². The summed E-state index contributed by atoms with van der Waals surface area (Å²) in [6, 6.07) is 0. The SMILES string of the molecule is CCCN(CCCO)C/C(=C/C=C\N)COC(=C/C=C(\C)NCC1CC1)/C(Br)=C/N. The van der Waals surface area contributed by atoms with Crippen molar-refractivity contribution in [1.29, 1.82) is 0 Å². The highest BCUT2D eigenvalue weighted by molar-refractivity contribution is 9.11. The summed E-state index contributed by atoms with van der Waals surface area (Å²) in [5.74, 6) is 1.49. The van der Waals surface area contributed by atoms with Crippen LogP contribution >= 0.6 is 15.9 Å². The highest BCUT2D eigenvalue weighted by atomic mass is 79.9. The van der Waals surface area contributed by atoms with Crippen LogP contribution in [-0.2, 0) is 4.74 Å². The fraction of sp³-hybridized carbons (Fsp3) is 0.565. The zero-order chi connectivity index (χ0) is 22.2. The van der Waals surface area contributed by atoms with Crippen molar-refractivity contribution in [3.8, 4) is 0 Å². The molecule has 0 heterocycles. The van der Waals surface area contributed by atoms with Crippen LogP contribution in [0.4, 0.5) is 0 Å². The second kappa shape index (κ2) is 16.1. The Morgan fingerprint density at radius 2 is 2.00 bits per heavy atom. The summed E-state index contributed by atoms with van der Waals surface area (Å²) in [5.41, 5.74) is 13.4. The Kier molecular flexibility index (Phi) is 14.1. The lowest BCUT2D eigenvalue weighted by molar-refractivity contribution is 0.213. The van der Waals surface area contributed by atoms with Crippen LogP contribution < -0.4 is 16.8 Å². The third kappa shape index (κ3) is 12.1. The van der Waals surface area contributed by atoms with E-state index in [1.54, 1.807) is 0 Å². The average Bonchev–Trinajstić information content (AvgIpc) is 3.58. The molecule has 0 aromatic carbocycles. The first-order valence-corrected chi connectivity index (χ1v) is 11.6. The molecule has 6 N–H and O–H groups in total. The zero-order valence-corrected chi connectivity index (χ0v) is 20.0. The van der Waals surface area contributed by atoms with Crippen molar-refractivity contribution in [1.82, 2.24) is 10.2 Å². The lowest BCUT2D eigenvalue weighted by atomic mass is 10.2. The molecule has 0 amide bonds. The van der Waals surface area contributed by atoms with Crippen molar-refractivity contribution in [3.05, 3.63) is 58.2 Å². The quantitative estimate of drug-likeness (QED) is 0.198.